The Bertz CT molecular complexity index is 981. The van der Waals surface area contributed by atoms with Gasteiger partial charge in [-0.25, -0.2) is 4.68 Å². The van der Waals surface area contributed by atoms with Crippen molar-refractivity contribution in [3.05, 3.63) is 23.8 Å². The predicted octanol–water partition coefficient (Wildman–Crippen LogP) is 2.38. The van der Waals surface area contributed by atoms with Gasteiger partial charge in [0.05, 0.1) is 27.1 Å². The maximum Gasteiger partial charge on any atom is 0.453 e. The summed E-state index contributed by atoms with van der Waals surface area (Å²) in [5.74, 6) is 5.61. The molecule has 0 aliphatic carbocycles. The number of nitrogen functional groups attached to an aromatic ring is 1. The van der Waals surface area contributed by atoms with E-state index in [9.17, 15) is 13.2 Å². The van der Waals surface area contributed by atoms with Crippen LogP contribution in [0.4, 0.5) is 13.2 Å². The first kappa shape index (κ1) is 20.6. The van der Waals surface area contributed by atoms with E-state index in [4.69, 9.17) is 24.5 Å². The van der Waals surface area contributed by atoms with Crippen molar-refractivity contribution in [1.29, 1.82) is 0 Å². The lowest BCUT2D eigenvalue weighted by molar-refractivity contribution is -0.146. The highest BCUT2D eigenvalue weighted by molar-refractivity contribution is 7.98. The van der Waals surface area contributed by atoms with E-state index >= 15 is 0 Å². The Morgan fingerprint density at radius 1 is 1.03 bits per heavy atom. The third kappa shape index (κ3) is 4.16. The smallest absolute Gasteiger partial charge is 0.453 e. The third-order valence-electron chi connectivity index (χ3n) is 3.62. The maximum atomic E-state index is 12.7. The second kappa shape index (κ2) is 8.06. The van der Waals surface area contributed by atoms with Gasteiger partial charge in [0.2, 0.25) is 22.7 Å². The highest BCUT2D eigenvalue weighted by Gasteiger charge is 2.38. The SMILES string of the molecule is COc1cc(-c2nnc(CSc3nnc(C(F)(F)F)n3N)o2)cc(OC)c1OC. The van der Waals surface area contributed by atoms with Crippen LogP contribution in [0.15, 0.2) is 21.7 Å². The van der Waals surface area contributed by atoms with Crippen molar-refractivity contribution in [3.8, 4) is 28.7 Å². The summed E-state index contributed by atoms with van der Waals surface area (Å²) in [6.07, 6.45) is -4.70. The zero-order valence-corrected chi connectivity index (χ0v) is 16.2. The van der Waals surface area contributed by atoms with Crippen LogP contribution in [0.2, 0.25) is 0 Å². The Hall–Kier alpha value is -3.16. The summed E-state index contributed by atoms with van der Waals surface area (Å²) >= 11 is 0.866. The highest BCUT2D eigenvalue weighted by Crippen LogP contribution is 2.41. The molecule has 10 nitrogen and oxygen atoms in total. The monoisotopic (exact) mass is 432 g/mol. The molecule has 0 spiro atoms. The molecule has 156 valence electrons. The molecule has 2 N–H and O–H groups in total. The third-order valence-corrected chi connectivity index (χ3v) is 4.55. The average molecular weight is 432 g/mol. The lowest BCUT2D eigenvalue weighted by atomic mass is 10.2. The van der Waals surface area contributed by atoms with Crippen molar-refractivity contribution in [2.75, 3.05) is 27.2 Å². The molecule has 0 bridgehead atoms. The van der Waals surface area contributed by atoms with Crippen molar-refractivity contribution >= 4 is 11.8 Å². The Balaban J connectivity index is 1.79. The van der Waals surface area contributed by atoms with Crippen LogP contribution in [-0.2, 0) is 11.9 Å². The lowest BCUT2D eigenvalue weighted by Gasteiger charge is -2.12. The van der Waals surface area contributed by atoms with E-state index in [0.29, 0.717) is 27.5 Å². The van der Waals surface area contributed by atoms with Gasteiger partial charge in [0.15, 0.2) is 11.5 Å². The lowest BCUT2D eigenvalue weighted by Crippen LogP contribution is -2.21. The molecule has 0 saturated carbocycles. The zero-order chi connectivity index (χ0) is 21.2. The molecular formula is C15H15F3N6O4S. The molecule has 29 heavy (non-hydrogen) atoms. The van der Waals surface area contributed by atoms with Crippen LogP contribution in [0.5, 0.6) is 17.2 Å². The van der Waals surface area contributed by atoms with Gasteiger partial charge in [-0.15, -0.1) is 20.4 Å². The number of nitrogens with zero attached hydrogens (tertiary/aromatic N) is 5. The van der Waals surface area contributed by atoms with E-state index < -0.39 is 12.0 Å². The molecule has 2 heterocycles. The van der Waals surface area contributed by atoms with Crippen LogP contribution >= 0.6 is 11.8 Å². The fourth-order valence-corrected chi connectivity index (χ4v) is 3.02. The Morgan fingerprint density at radius 3 is 2.21 bits per heavy atom. The van der Waals surface area contributed by atoms with Gasteiger partial charge in [-0.3, -0.25) is 0 Å². The van der Waals surface area contributed by atoms with Gasteiger partial charge in [0.1, 0.15) is 0 Å². The minimum absolute atomic E-state index is 0.0324. The molecule has 3 rings (SSSR count). The van der Waals surface area contributed by atoms with Crippen molar-refractivity contribution in [3.63, 3.8) is 0 Å². The van der Waals surface area contributed by atoms with Gasteiger partial charge in [-0.1, -0.05) is 11.8 Å². The molecule has 1 aromatic carbocycles. The van der Waals surface area contributed by atoms with Crippen molar-refractivity contribution in [1.82, 2.24) is 25.1 Å². The quantitative estimate of drug-likeness (QED) is 0.440. The molecule has 14 heteroatoms. The number of rotatable bonds is 7. The van der Waals surface area contributed by atoms with Gasteiger partial charge in [0.25, 0.3) is 5.82 Å². The van der Waals surface area contributed by atoms with E-state index in [0.717, 1.165) is 11.8 Å². The molecule has 0 unspecified atom stereocenters. The summed E-state index contributed by atoms with van der Waals surface area (Å²) in [4.78, 5) is 0. The van der Waals surface area contributed by atoms with Crippen LogP contribution in [-0.4, -0.2) is 46.4 Å². The molecule has 3 aromatic rings. The number of alkyl halides is 3. The summed E-state index contributed by atoms with van der Waals surface area (Å²) in [6, 6.07) is 3.25. The minimum atomic E-state index is -4.70. The zero-order valence-electron chi connectivity index (χ0n) is 15.4. The first-order valence-electron chi connectivity index (χ1n) is 7.81. The van der Waals surface area contributed by atoms with Gasteiger partial charge in [0, 0.05) is 5.56 Å². The van der Waals surface area contributed by atoms with Crippen LogP contribution in [0.3, 0.4) is 0 Å². The molecule has 0 amide bonds. The first-order chi connectivity index (χ1) is 13.8. The van der Waals surface area contributed by atoms with E-state index in [1.807, 2.05) is 0 Å². The van der Waals surface area contributed by atoms with Crippen molar-refractivity contribution < 1.29 is 31.8 Å². The number of nitrogens with two attached hydrogens (primary N) is 1. The number of ether oxygens (including phenoxy) is 3. The molecule has 0 aliphatic heterocycles. The summed E-state index contributed by atoms with van der Waals surface area (Å²) in [5.41, 5.74) is 0.504. The second-order valence-corrected chi connectivity index (χ2v) is 6.32. The van der Waals surface area contributed by atoms with Crippen LogP contribution < -0.4 is 20.1 Å². The molecule has 0 aliphatic rings. The highest BCUT2D eigenvalue weighted by atomic mass is 32.2. The molecule has 0 atom stereocenters. The Kier molecular flexibility index (Phi) is 5.72. The fraction of sp³-hybridized carbons (Fsp3) is 0.333. The Labute approximate surface area is 166 Å². The standard InChI is InChI=1S/C15H15F3N6O4S/c1-25-8-4-7(5-9(26-2)11(8)27-3)12-21-20-10(28-12)6-29-14-23-22-13(24(14)19)15(16,17)18/h4-5H,6,19H2,1-3H3. The summed E-state index contributed by atoms with van der Waals surface area (Å²) in [6.45, 7) is 0. The van der Waals surface area contributed by atoms with E-state index in [1.165, 1.54) is 21.3 Å². The van der Waals surface area contributed by atoms with Crippen LogP contribution in [0, 0.1) is 0 Å². The minimum Gasteiger partial charge on any atom is -0.493 e. The largest absolute Gasteiger partial charge is 0.493 e. The summed E-state index contributed by atoms with van der Waals surface area (Å²) < 4.78 is 59.9. The number of methoxy groups -OCH3 is 3. The van der Waals surface area contributed by atoms with Gasteiger partial charge in [-0.05, 0) is 12.1 Å². The second-order valence-electron chi connectivity index (χ2n) is 5.38. The fourth-order valence-electron chi connectivity index (χ4n) is 2.33. The average Bonchev–Trinajstić information content (AvgIpc) is 3.31. The molecule has 0 radical (unpaired) electrons. The number of aromatic nitrogens is 5. The van der Waals surface area contributed by atoms with Crippen LogP contribution in [0.1, 0.15) is 11.7 Å². The summed E-state index contributed by atoms with van der Waals surface area (Å²) in [5, 5.41) is 14.1. The first-order valence-corrected chi connectivity index (χ1v) is 8.80. The van der Waals surface area contributed by atoms with Crippen LogP contribution in [0.25, 0.3) is 11.5 Å². The number of hydrogen-bond donors (Lipinski definition) is 1. The Morgan fingerprint density at radius 2 is 1.69 bits per heavy atom. The number of benzene rings is 1. The number of thioether (sulfide) groups is 1. The van der Waals surface area contributed by atoms with Gasteiger partial charge in [-0.2, -0.15) is 13.2 Å². The molecule has 2 aromatic heterocycles. The van der Waals surface area contributed by atoms with E-state index in [-0.39, 0.29) is 22.7 Å². The van der Waals surface area contributed by atoms with Gasteiger partial charge < -0.3 is 24.5 Å². The van der Waals surface area contributed by atoms with E-state index in [2.05, 4.69) is 20.4 Å². The molecular weight excluding hydrogens is 417 g/mol. The number of halogens is 3. The maximum absolute atomic E-state index is 12.7. The number of hydrogen-bond acceptors (Lipinski definition) is 10. The van der Waals surface area contributed by atoms with E-state index in [1.54, 1.807) is 12.1 Å². The predicted molar refractivity (Wildman–Crippen MR) is 94.1 cm³/mol. The molecule has 0 saturated heterocycles. The van der Waals surface area contributed by atoms with Crippen molar-refractivity contribution in [2.45, 2.75) is 17.1 Å². The van der Waals surface area contributed by atoms with Gasteiger partial charge >= 0.3 is 6.18 Å². The molecule has 0 fully saturated rings. The summed E-state index contributed by atoms with van der Waals surface area (Å²) in [7, 11) is 4.41. The topological polar surface area (TPSA) is 123 Å². The normalized spacial score (nSPS) is 11.5. The van der Waals surface area contributed by atoms with Crippen molar-refractivity contribution in [2.24, 2.45) is 0 Å².